The Morgan fingerprint density at radius 3 is 2.68 bits per heavy atom. The molecule has 0 saturated carbocycles. The van der Waals surface area contributed by atoms with E-state index in [0.717, 1.165) is 6.42 Å². The van der Waals surface area contributed by atoms with Crippen LogP contribution in [0.4, 0.5) is 5.69 Å². The van der Waals surface area contributed by atoms with E-state index in [1.165, 1.54) is 17.1 Å². The molecular formula is C13H24ClN5O3. The fourth-order valence-corrected chi connectivity index (χ4v) is 2.27. The van der Waals surface area contributed by atoms with Crippen LogP contribution in [0.5, 0.6) is 0 Å². The second kappa shape index (κ2) is 8.70. The van der Waals surface area contributed by atoms with Gasteiger partial charge in [0.05, 0.1) is 4.92 Å². The lowest BCUT2D eigenvalue weighted by molar-refractivity contribution is -0.385. The van der Waals surface area contributed by atoms with E-state index < -0.39 is 10.5 Å². The smallest absolute Gasteiger partial charge is 0.306 e. The minimum absolute atomic E-state index is 0. The number of nitro groups is 1. The van der Waals surface area contributed by atoms with Crippen molar-refractivity contribution in [2.45, 2.75) is 45.7 Å². The summed E-state index contributed by atoms with van der Waals surface area (Å²) >= 11 is 0. The van der Waals surface area contributed by atoms with Gasteiger partial charge >= 0.3 is 5.69 Å². The summed E-state index contributed by atoms with van der Waals surface area (Å²) in [6, 6.07) is 0. The van der Waals surface area contributed by atoms with Crippen LogP contribution < -0.4 is 11.1 Å². The van der Waals surface area contributed by atoms with E-state index in [-0.39, 0.29) is 30.4 Å². The van der Waals surface area contributed by atoms with Crippen molar-refractivity contribution in [3.05, 3.63) is 22.5 Å². The third-order valence-corrected chi connectivity index (χ3v) is 3.15. The maximum Gasteiger partial charge on any atom is 0.306 e. The summed E-state index contributed by atoms with van der Waals surface area (Å²) in [7, 11) is 0. The van der Waals surface area contributed by atoms with Crippen molar-refractivity contribution in [2.24, 2.45) is 11.7 Å². The molecule has 1 aromatic rings. The zero-order valence-electron chi connectivity index (χ0n) is 13.1. The lowest BCUT2D eigenvalue weighted by Crippen LogP contribution is -2.52. The van der Waals surface area contributed by atoms with Gasteiger partial charge in [0.25, 0.3) is 0 Å². The number of hydrogen-bond acceptors (Lipinski definition) is 5. The van der Waals surface area contributed by atoms with Gasteiger partial charge in [-0.1, -0.05) is 13.8 Å². The molecule has 0 aliphatic heterocycles. The van der Waals surface area contributed by atoms with Crippen molar-refractivity contribution in [1.29, 1.82) is 0 Å². The number of aryl methyl sites for hydroxylation is 1. The average Bonchev–Trinajstić information content (AvgIpc) is 2.84. The number of nitrogens with one attached hydrogen (secondary N) is 1. The highest BCUT2D eigenvalue weighted by molar-refractivity contribution is 5.85. The number of halogens is 1. The van der Waals surface area contributed by atoms with Gasteiger partial charge in [-0.3, -0.25) is 19.6 Å². The van der Waals surface area contributed by atoms with Gasteiger partial charge in [-0.15, -0.1) is 12.4 Å². The molecular weight excluding hydrogens is 310 g/mol. The summed E-state index contributed by atoms with van der Waals surface area (Å²) in [6.07, 6.45) is 3.47. The van der Waals surface area contributed by atoms with Gasteiger partial charge in [0, 0.05) is 25.0 Å². The molecule has 3 N–H and O–H groups in total. The van der Waals surface area contributed by atoms with E-state index in [2.05, 4.69) is 24.3 Å². The molecule has 0 saturated heterocycles. The molecule has 1 rings (SSSR count). The van der Waals surface area contributed by atoms with Crippen molar-refractivity contribution in [3.63, 3.8) is 0 Å². The maximum absolute atomic E-state index is 12.0. The van der Waals surface area contributed by atoms with Gasteiger partial charge in [-0.25, -0.2) is 0 Å². The zero-order chi connectivity index (χ0) is 16.0. The molecule has 0 aliphatic carbocycles. The monoisotopic (exact) mass is 333 g/mol. The molecule has 1 unspecified atom stereocenters. The Morgan fingerprint density at radius 1 is 1.59 bits per heavy atom. The summed E-state index contributed by atoms with van der Waals surface area (Å²) < 4.78 is 1.39. The summed E-state index contributed by atoms with van der Waals surface area (Å²) in [5.74, 6) is 0.286. The van der Waals surface area contributed by atoms with Gasteiger partial charge in [0.2, 0.25) is 5.91 Å². The lowest BCUT2D eigenvalue weighted by atomic mass is 9.90. The Hall–Kier alpha value is -1.67. The van der Waals surface area contributed by atoms with Crippen molar-refractivity contribution >= 4 is 24.0 Å². The molecule has 0 aromatic carbocycles. The van der Waals surface area contributed by atoms with Crippen LogP contribution in [0.3, 0.4) is 0 Å². The van der Waals surface area contributed by atoms with E-state index in [9.17, 15) is 14.9 Å². The first-order valence-electron chi connectivity index (χ1n) is 6.93. The largest absolute Gasteiger partial charge is 0.350 e. The number of amides is 1. The van der Waals surface area contributed by atoms with Gasteiger partial charge in [-0.05, 0) is 19.3 Å². The molecule has 22 heavy (non-hydrogen) atoms. The fraction of sp³-hybridized carbons (Fsp3) is 0.692. The first kappa shape index (κ1) is 20.3. The molecule has 0 spiro atoms. The SMILES string of the molecule is CC(C)CC(C)(CN)NC(=O)CCn1cc([N+](=O)[O-])cn1.Cl. The Kier molecular flexibility index (Phi) is 8.04. The van der Waals surface area contributed by atoms with Crippen LogP contribution >= 0.6 is 12.4 Å². The van der Waals surface area contributed by atoms with Gasteiger partial charge in [-0.2, -0.15) is 5.10 Å². The molecule has 0 radical (unpaired) electrons. The van der Waals surface area contributed by atoms with Crippen molar-refractivity contribution < 1.29 is 9.72 Å². The van der Waals surface area contributed by atoms with Crippen molar-refractivity contribution in [3.8, 4) is 0 Å². The molecule has 1 aromatic heterocycles. The highest BCUT2D eigenvalue weighted by Crippen LogP contribution is 2.15. The van der Waals surface area contributed by atoms with Crippen LogP contribution in [0.1, 0.15) is 33.6 Å². The lowest BCUT2D eigenvalue weighted by Gasteiger charge is -2.31. The van der Waals surface area contributed by atoms with Gasteiger partial charge in [0.1, 0.15) is 12.4 Å². The van der Waals surface area contributed by atoms with Crippen LogP contribution in [-0.2, 0) is 11.3 Å². The quantitative estimate of drug-likeness (QED) is 0.552. The number of nitrogens with two attached hydrogens (primary N) is 1. The molecule has 9 heteroatoms. The number of aromatic nitrogens is 2. The number of rotatable bonds is 8. The van der Waals surface area contributed by atoms with E-state index in [0.29, 0.717) is 19.0 Å². The van der Waals surface area contributed by atoms with Crippen LogP contribution in [-0.4, -0.2) is 32.7 Å². The first-order chi connectivity index (χ1) is 9.75. The summed E-state index contributed by atoms with van der Waals surface area (Å²) in [6.45, 7) is 6.72. The van der Waals surface area contributed by atoms with Crippen LogP contribution in [0.15, 0.2) is 12.4 Å². The first-order valence-corrected chi connectivity index (χ1v) is 6.93. The maximum atomic E-state index is 12.0. The van der Waals surface area contributed by atoms with Crippen molar-refractivity contribution in [2.75, 3.05) is 6.54 Å². The second-order valence-electron chi connectivity index (χ2n) is 5.88. The van der Waals surface area contributed by atoms with Crippen LogP contribution in [0, 0.1) is 16.0 Å². The highest BCUT2D eigenvalue weighted by Gasteiger charge is 2.25. The molecule has 126 valence electrons. The third kappa shape index (κ3) is 6.40. The van der Waals surface area contributed by atoms with Crippen molar-refractivity contribution in [1.82, 2.24) is 15.1 Å². The zero-order valence-corrected chi connectivity index (χ0v) is 13.9. The Bertz CT molecular complexity index is 506. The average molecular weight is 334 g/mol. The standard InChI is InChI=1S/C13H23N5O3.ClH/c1-10(2)6-13(3,9-14)16-12(19)4-5-17-8-11(7-15-17)18(20)21;/h7-8,10H,4-6,9,14H2,1-3H3,(H,16,19);1H. The predicted octanol–water partition coefficient (Wildman–Crippen LogP) is 1.48. The topological polar surface area (TPSA) is 116 Å². The predicted molar refractivity (Wildman–Crippen MR) is 85.8 cm³/mol. The number of nitrogens with zero attached hydrogens (tertiary/aromatic N) is 3. The Morgan fingerprint density at radius 2 is 2.23 bits per heavy atom. The molecule has 1 amide bonds. The minimum atomic E-state index is -0.516. The molecule has 1 heterocycles. The van der Waals surface area contributed by atoms with E-state index in [1.807, 2.05) is 6.92 Å². The number of hydrogen-bond donors (Lipinski definition) is 2. The van der Waals surface area contributed by atoms with E-state index in [4.69, 9.17) is 5.73 Å². The summed E-state index contributed by atoms with van der Waals surface area (Å²) in [5, 5.41) is 17.3. The Labute approximate surface area is 136 Å². The highest BCUT2D eigenvalue weighted by atomic mass is 35.5. The fourth-order valence-electron chi connectivity index (χ4n) is 2.27. The summed E-state index contributed by atoms with van der Waals surface area (Å²) in [5.41, 5.74) is 5.23. The number of carbonyl (C=O) groups is 1. The van der Waals surface area contributed by atoms with E-state index in [1.54, 1.807) is 0 Å². The van der Waals surface area contributed by atoms with Crippen LogP contribution in [0.25, 0.3) is 0 Å². The van der Waals surface area contributed by atoms with E-state index >= 15 is 0 Å². The normalized spacial score (nSPS) is 13.3. The van der Waals surface area contributed by atoms with Crippen LogP contribution in [0.2, 0.25) is 0 Å². The minimum Gasteiger partial charge on any atom is -0.350 e. The van der Waals surface area contributed by atoms with Gasteiger partial charge < -0.3 is 11.1 Å². The second-order valence-corrected chi connectivity index (χ2v) is 5.88. The third-order valence-electron chi connectivity index (χ3n) is 3.15. The molecule has 0 bridgehead atoms. The Balaban J connectivity index is 0.00000441. The number of carbonyl (C=O) groups excluding carboxylic acids is 1. The molecule has 8 nitrogen and oxygen atoms in total. The molecule has 0 fully saturated rings. The molecule has 0 aliphatic rings. The summed E-state index contributed by atoms with van der Waals surface area (Å²) in [4.78, 5) is 22.0. The van der Waals surface area contributed by atoms with Gasteiger partial charge in [0.15, 0.2) is 0 Å². The molecule has 1 atom stereocenters.